The quantitative estimate of drug-likeness (QED) is 0.610. The van der Waals surface area contributed by atoms with Crippen LogP contribution in [0.1, 0.15) is 11.1 Å². The molecular weight excluding hydrogens is 398 g/mol. The Hall–Kier alpha value is -3.55. The van der Waals surface area contributed by atoms with Gasteiger partial charge in [0.2, 0.25) is 0 Å². The molecule has 1 aromatic heterocycles. The maximum atomic E-state index is 15.0. The van der Waals surface area contributed by atoms with Gasteiger partial charge in [-0.25, -0.2) is 8.78 Å². The molecule has 0 bridgehead atoms. The van der Waals surface area contributed by atoms with E-state index in [1.165, 1.54) is 24.4 Å². The largest absolute Gasteiger partial charge is 0.435 e. The Balaban J connectivity index is 1.82. The summed E-state index contributed by atoms with van der Waals surface area (Å²) in [6.07, 6.45) is 4.32. The minimum absolute atomic E-state index is 0.242. The molecule has 1 aliphatic heterocycles. The third kappa shape index (κ3) is 3.68. The fourth-order valence-corrected chi connectivity index (χ4v) is 3.70. The zero-order valence-corrected chi connectivity index (χ0v) is 15.6. The third-order valence-corrected chi connectivity index (χ3v) is 5.04. The van der Waals surface area contributed by atoms with Gasteiger partial charge >= 0.3 is 6.61 Å². The predicted molar refractivity (Wildman–Crippen MR) is 104 cm³/mol. The summed E-state index contributed by atoms with van der Waals surface area (Å²) in [5.41, 5.74) is 7.14. The summed E-state index contributed by atoms with van der Waals surface area (Å²) in [5, 5.41) is 3.00. The lowest BCUT2D eigenvalue weighted by Crippen LogP contribution is -2.32. The molecule has 4 nitrogen and oxygen atoms in total. The van der Waals surface area contributed by atoms with Crippen LogP contribution in [0.15, 0.2) is 72.8 Å². The Morgan fingerprint density at radius 1 is 1.03 bits per heavy atom. The van der Waals surface area contributed by atoms with E-state index in [0.717, 1.165) is 12.3 Å². The van der Waals surface area contributed by atoms with Crippen molar-refractivity contribution in [2.45, 2.75) is 12.0 Å². The second kappa shape index (κ2) is 7.70. The van der Waals surface area contributed by atoms with Crippen LogP contribution in [0.2, 0.25) is 0 Å². The van der Waals surface area contributed by atoms with E-state index in [9.17, 15) is 13.2 Å². The lowest BCUT2D eigenvalue weighted by atomic mass is 9.74. The molecule has 3 N–H and O–H groups in total. The Morgan fingerprint density at radius 3 is 2.53 bits per heavy atom. The molecule has 0 saturated carbocycles. The highest BCUT2D eigenvalue weighted by Gasteiger charge is 2.39. The highest BCUT2D eigenvalue weighted by molar-refractivity contribution is 5.65. The number of nitrogens with two attached hydrogens (primary N) is 1. The second-order valence-electron chi connectivity index (χ2n) is 6.92. The molecule has 1 unspecified atom stereocenters. The topological polar surface area (TPSA) is 60.2 Å². The molecule has 0 saturated heterocycles. The van der Waals surface area contributed by atoms with Gasteiger partial charge in [-0.1, -0.05) is 24.3 Å². The SMILES string of the molecule is NC1=CC(c2cccc(-c3cncc(F)c3)c2)(c2ccc(OC(F)F)cc2F)CN1. The van der Waals surface area contributed by atoms with Gasteiger partial charge in [-0.2, -0.15) is 8.78 Å². The molecule has 1 aliphatic rings. The van der Waals surface area contributed by atoms with Gasteiger partial charge in [0.05, 0.1) is 17.4 Å². The Kier molecular flexibility index (Phi) is 5.07. The number of nitrogens with one attached hydrogen (secondary N) is 1. The highest BCUT2D eigenvalue weighted by atomic mass is 19.3. The number of hydrogen-bond donors (Lipinski definition) is 2. The number of hydrogen-bond acceptors (Lipinski definition) is 4. The van der Waals surface area contributed by atoms with Crippen molar-refractivity contribution < 1.29 is 22.3 Å². The van der Waals surface area contributed by atoms with Crippen molar-refractivity contribution in [2.24, 2.45) is 5.73 Å². The summed E-state index contributed by atoms with van der Waals surface area (Å²) in [6, 6.07) is 12.1. The summed E-state index contributed by atoms with van der Waals surface area (Å²) < 4.78 is 57.8. The molecule has 2 aromatic carbocycles. The first-order valence-electron chi connectivity index (χ1n) is 9.06. The van der Waals surface area contributed by atoms with E-state index in [2.05, 4.69) is 15.0 Å². The number of halogens is 4. The van der Waals surface area contributed by atoms with E-state index in [4.69, 9.17) is 5.73 Å². The average molecular weight is 415 g/mol. The monoisotopic (exact) mass is 415 g/mol. The standard InChI is InChI=1S/C22H17F4N3O/c23-16-7-14(10-28-11-16)13-2-1-3-15(6-13)22(9-20(27)29-12-22)18-5-4-17(8-19(18)24)30-21(25)26/h1-11,21,29H,12,27H2. The van der Waals surface area contributed by atoms with Crippen LogP contribution in [-0.2, 0) is 5.41 Å². The van der Waals surface area contributed by atoms with Gasteiger partial charge in [-0.15, -0.1) is 0 Å². The van der Waals surface area contributed by atoms with Crippen LogP contribution < -0.4 is 15.8 Å². The number of rotatable bonds is 5. The number of aromatic nitrogens is 1. The molecule has 8 heteroatoms. The molecule has 0 aliphatic carbocycles. The first kappa shape index (κ1) is 19.8. The van der Waals surface area contributed by atoms with Crippen molar-refractivity contribution in [3.8, 4) is 16.9 Å². The summed E-state index contributed by atoms with van der Waals surface area (Å²) in [7, 11) is 0. The normalized spacial score (nSPS) is 18.2. The van der Waals surface area contributed by atoms with E-state index in [1.54, 1.807) is 30.3 Å². The minimum Gasteiger partial charge on any atom is -0.435 e. The van der Waals surface area contributed by atoms with Crippen molar-refractivity contribution in [3.05, 3.63) is 95.6 Å². The van der Waals surface area contributed by atoms with Crippen LogP contribution in [0.3, 0.4) is 0 Å². The summed E-state index contributed by atoms with van der Waals surface area (Å²) in [4.78, 5) is 3.87. The first-order chi connectivity index (χ1) is 14.4. The van der Waals surface area contributed by atoms with E-state index in [0.29, 0.717) is 22.5 Å². The van der Waals surface area contributed by atoms with Crippen molar-refractivity contribution in [1.29, 1.82) is 0 Å². The molecule has 154 valence electrons. The van der Waals surface area contributed by atoms with Crippen LogP contribution in [0.25, 0.3) is 11.1 Å². The van der Waals surface area contributed by atoms with Crippen LogP contribution in [0.5, 0.6) is 5.75 Å². The van der Waals surface area contributed by atoms with Gasteiger partial charge in [0.25, 0.3) is 0 Å². The molecule has 0 amide bonds. The smallest absolute Gasteiger partial charge is 0.387 e. The van der Waals surface area contributed by atoms with Gasteiger partial charge in [0.15, 0.2) is 0 Å². The molecule has 30 heavy (non-hydrogen) atoms. The van der Waals surface area contributed by atoms with E-state index in [-0.39, 0.29) is 17.9 Å². The van der Waals surface area contributed by atoms with Gasteiger partial charge in [0, 0.05) is 29.9 Å². The van der Waals surface area contributed by atoms with Gasteiger partial charge in [-0.3, -0.25) is 4.98 Å². The Bertz CT molecular complexity index is 1120. The maximum Gasteiger partial charge on any atom is 0.387 e. The van der Waals surface area contributed by atoms with Gasteiger partial charge in [0.1, 0.15) is 17.4 Å². The predicted octanol–water partition coefficient (Wildman–Crippen LogP) is 4.32. The molecule has 4 rings (SSSR count). The molecule has 1 atom stereocenters. The maximum absolute atomic E-state index is 15.0. The molecular formula is C22H17F4N3O. The summed E-state index contributed by atoms with van der Waals surface area (Å²) in [6.45, 7) is -2.79. The lowest BCUT2D eigenvalue weighted by Gasteiger charge is -2.29. The fourth-order valence-electron chi connectivity index (χ4n) is 3.70. The highest BCUT2D eigenvalue weighted by Crippen LogP contribution is 2.40. The molecule has 3 aromatic rings. The fraction of sp³-hybridized carbons (Fsp3) is 0.136. The first-order valence-corrected chi connectivity index (χ1v) is 9.06. The zero-order chi connectivity index (χ0) is 21.3. The average Bonchev–Trinajstić information content (AvgIpc) is 3.10. The number of pyridine rings is 1. The number of nitrogens with zero attached hydrogens (tertiary/aromatic N) is 1. The molecule has 0 spiro atoms. The van der Waals surface area contributed by atoms with E-state index in [1.807, 2.05) is 0 Å². The zero-order valence-electron chi connectivity index (χ0n) is 15.6. The molecule has 2 heterocycles. The van der Waals surface area contributed by atoms with Gasteiger partial charge < -0.3 is 15.8 Å². The van der Waals surface area contributed by atoms with Crippen molar-refractivity contribution in [3.63, 3.8) is 0 Å². The third-order valence-electron chi connectivity index (χ3n) is 5.04. The van der Waals surface area contributed by atoms with Crippen LogP contribution in [0, 0.1) is 11.6 Å². The van der Waals surface area contributed by atoms with E-state index < -0.39 is 23.7 Å². The Morgan fingerprint density at radius 2 is 1.87 bits per heavy atom. The number of benzene rings is 2. The van der Waals surface area contributed by atoms with Crippen LogP contribution in [-0.4, -0.2) is 18.1 Å². The number of ether oxygens (including phenoxy) is 1. The summed E-state index contributed by atoms with van der Waals surface area (Å²) in [5.74, 6) is -1.09. The van der Waals surface area contributed by atoms with Crippen molar-refractivity contribution >= 4 is 0 Å². The minimum atomic E-state index is -3.05. The molecule has 0 fully saturated rings. The second-order valence-corrected chi connectivity index (χ2v) is 6.92. The van der Waals surface area contributed by atoms with Crippen LogP contribution in [0.4, 0.5) is 17.6 Å². The summed E-state index contributed by atoms with van der Waals surface area (Å²) >= 11 is 0. The van der Waals surface area contributed by atoms with Crippen molar-refractivity contribution in [1.82, 2.24) is 10.3 Å². The van der Waals surface area contributed by atoms with E-state index >= 15 is 4.39 Å². The number of alkyl halides is 2. The lowest BCUT2D eigenvalue weighted by molar-refractivity contribution is -0.0500. The Labute approximate surface area is 170 Å². The van der Waals surface area contributed by atoms with Crippen molar-refractivity contribution in [2.75, 3.05) is 6.54 Å². The van der Waals surface area contributed by atoms with Crippen LogP contribution >= 0.6 is 0 Å². The molecule has 0 radical (unpaired) electrons. The van der Waals surface area contributed by atoms with Gasteiger partial charge in [-0.05, 0) is 35.4 Å².